The van der Waals surface area contributed by atoms with Crippen molar-refractivity contribution in [3.8, 4) is 0 Å². The number of hydrogen-bond acceptors (Lipinski definition) is 4. The van der Waals surface area contributed by atoms with E-state index in [2.05, 4.69) is 58.8 Å². The normalized spacial score (nSPS) is 21.0. The zero-order valence-electron chi connectivity index (χ0n) is 17.4. The van der Waals surface area contributed by atoms with Crippen molar-refractivity contribution in [1.29, 1.82) is 0 Å². The maximum atomic E-state index is 12.2. The van der Waals surface area contributed by atoms with Crippen LogP contribution in [0.2, 0.25) is 0 Å². The number of aromatic nitrogens is 2. The van der Waals surface area contributed by atoms with Crippen LogP contribution in [0.15, 0.2) is 30.6 Å². The molecule has 2 aromatic rings. The molecule has 28 heavy (non-hydrogen) atoms. The summed E-state index contributed by atoms with van der Waals surface area (Å²) >= 11 is 0. The summed E-state index contributed by atoms with van der Waals surface area (Å²) in [6, 6.07) is 7.97. The number of amides is 2. The molecule has 1 aromatic heterocycles. The van der Waals surface area contributed by atoms with E-state index in [4.69, 9.17) is 4.74 Å². The largest absolute Gasteiger partial charge is 0.373 e. The molecular weight excluding hydrogens is 354 g/mol. The molecule has 1 fully saturated rings. The van der Waals surface area contributed by atoms with Crippen LogP contribution in [-0.4, -0.2) is 64.4 Å². The first-order valence-electron chi connectivity index (χ1n) is 10.2. The number of rotatable bonds is 7. The van der Waals surface area contributed by atoms with Crippen LogP contribution < -0.4 is 10.6 Å². The summed E-state index contributed by atoms with van der Waals surface area (Å²) in [5.41, 5.74) is 2.02. The Morgan fingerprint density at radius 2 is 1.93 bits per heavy atom. The van der Waals surface area contributed by atoms with E-state index in [-0.39, 0.29) is 23.8 Å². The second-order valence-electron chi connectivity index (χ2n) is 8.36. The van der Waals surface area contributed by atoms with Crippen LogP contribution in [0.4, 0.5) is 4.79 Å². The smallest absolute Gasteiger partial charge is 0.314 e. The number of fused-ring (bicyclic) bond motifs is 1. The average molecular weight is 388 g/mol. The first-order valence-corrected chi connectivity index (χ1v) is 10.2. The van der Waals surface area contributed by atoms with Gasteiger partial charge in [0.05, 0.1) is 29.6 Å². The number of nitrogens with one attached hydrogen (secondary N) is 2. The first kappa shape index (κ1) is 20.6. The zero-order chi connectivity index (χ0) is 20.1. The summed E-state index contributed by atoms with van der Waals surface area (Å²) in [4.78, 5) is 19.0. The molecule has 1 aromatic carbocycles. The van der Waals surface area contributed by atoms with Crippen molar-refractivity contribution in [3.63, 3.8) is 0 Å². The highest BCUT2D eigenvalue weighted by molar-refractivity contribution is 5.75. The molecule has 1 saturated heterocycles. The Kier molecular flexibility index (Phi) is 6.57. The van der Waals surface area contributed by atoms with Gasteiger partial charge in [0, 0.05) is 38.3 Å². The van der Waals surface area contributed by atoms with E-state index in [9.17, 15) is 4.79 Å². The molecule has 0 bridgehead atoms. The number of benzene rings is 1. The van der Waals surface area contributed by atoms with Crippen LogP contribution >= 0.6 is 0 Å². The standard InChI is InChI=1S/C21H33N5O2/c1-16-12-26(13-17(2)28-16)21(3,4)14-23-20(27)22-10-7-11-25-15-24-18-8-5-6-9-19(18)25/h5-6,8-9,15-17H,7,10-14H2,1-4H3,(H2,22,23,27)/t16-,17-/m0/s1. The molecule has 1 aliphatic rings. The highest BCUT2D eigenvalue weighted by atomic mass is 16.5. The molecular formula is C21H33N5O2. The Hall–Kier alpha value is -2.12. The van der Waals surface area contributed by atoms with Crippen LogP contribution in [0.25, 0.3) is 11.0 Å². The van der Waals surface area contributed by atoms with Gasteiger partial charge in [0.15, 0.2) is 0 Å². The van der Waals surface area contributed by atoms with Crippen LogP contribution in [0.5, 0.6) is 0 Å². The summed E-state index contributed by atoms with van der Waals surface area (Å²) in [6.07, 6.45) is 3.15. The number of para-hydroxylation sites is 2. The maximum absolute atomic E-state index is 12.2. The van der Waals surface area contributed by atoms with Crippen LogP contribution in [0.3, 0.4) is 0 Å². The van der Waals surface area contributed by atoms with Crippen molar-refractivity contribution in [1.82, 2.24) is 25.1 Å². The molecule has 7 heteroatoms. The van der Waals surface area contributed by atoms with Gasteiger partial charge in [0.2, 0.25) is 0 Å². The maximum Gasteiger partial charge on any atom is 0.314 e. The number of morpholine rings is 1. The van der Waals surface area contributed by atoms with E-state index >= 15 is 0 Å². The number of nitrogens with zero attached hydrogens (tertiary/aromatic N) is 3. The van der Waals surface area contributed by atoms with E-state index in [0.29, 0.717) is 13.1 Å². The summed E-state index contributed by atoms with van der Waals surface area (Å²) in [6.45, 7) is 12.4. The third kappa shape index (κ3) is 5.23. The molecule has 2 atom stereocenters. The van der Waals surface area contributed by atoms with Gasteiger partial charge in [-0.05, 0) is 46.2 Å². The highest BCUT2D eigenvalue weighted by Crippen LogP contribution is 2.20. The molecule has 0 radical (unpaired) electrons. The van der Waals surface area contributed by atoms with Crippen LogP contribution in [0, 0.1) is 0 Å². The Morgan fingerprint density at radius 3 is 2.68 bits per heavy atom. The number of ether oxygens (including phenoxy) is 1. The first-order chi connectivity index (χ1) is 13.3. The predicted octanol–water partition coefficient (Wildman–Crippen LogP) is 2.61. The lowest BCUT2D eigenvalue weighted by atomic mass is 10.0. The van der Waals surface area contributed by atoms with Gasteiger partial charge in [-0.2, -0.15) is 0 Å². The summed E-state index contributed by atoms with van der Waals surface area (Å²) in [5.74, 6) is 0. The molecule has 154 valence electrons. The van der Waals surface area contributed by atoms with E-state index in [1.807, 2.05) is 24.5 Å². The Labute approximate surface area is 167 Å². The van der Waals surface area contributed by atoms with Gasteiger partial charge in [-0.3, -0.25) is 4.90 Å². The van der Waals surface area contributed by atoms with Crippen molar-refractivity contribution in [2.24, 2.45) is 0 Å². The molecule has 2 N–H and O–H groups in total. The molecule has 7 nitrogen and oxygen atoms in total. The summed E-state index contributed by atoms with van der Waals surface area (Å²) < 4.78 is 7.94. The van der Waals surface area contributed by atoms with E-state index < -0.39 is 0 Å². The molecule has 0 saturated carbocycles. The van der Waals surface area contributed by atoms with Gasteiger partial charge in [-0.1, -0.05) is 12.1 Å². The number of aryl methyl sites for hydroxylation is 1. The Morgan fingerprint density at radius 1 is 1.21 bits per heavy atom. The van der Waals surface area contributed by atoms with Crippen molar-refractivity contribution in [2.75, 3.05) is 26.2 Å². The number of urea groups is 1. The Balaban J connectivity index is 1.38. The monoisotopic (exact) mass is 387 g/mol. The second kappa shape index (κ2) is 8.92. The molecule has 2 amide bonds. The lowest BCUT2D eigenvalue weighted by molar-refractivity contribution is -0.0947. The van der Waals surface area contributed by atoms with Crippen molar-refractivity contribution >= 4 is 17.1 Å². The third-order valence-electron chi connectivity index (χ3n) is 5.35. The third-order valence-corrected chi connectivity index (χ3v) is 5.35. The fraction of sp³-hybridized carbons (Fsp3) is 0.619. The van der Waals surface area contributed by atoms with E-state index in [0.717, 1.165) is 37.1 Å². The SMILES string of the molecule is C[C@H]1CN(C(C)(C)CNC(=O)NCCCn2cnc3ccccc32)C[C@H](C)O1. The fourth-order valence-corrected chi connectivity index (χ4v) is 3.78. The molecule has 1 aliphatic heterocycles. The minimum atomic E-state index is -0.113. The van der Waals surface area contributed by atoms with Gasteiger partial charge < -0.3 is 19.9 Å². The summed E-state index contributed by atoms with van der Waals surface area (Å²) in [5, 5.41) is 5.98. The lowest BCUT2D eigenvalue weighted by Gasteiger charge is -2.45. The topological polar surface area (TPSA) is 71.4 Å². The van der Waals surface area contributed by atoms with Gasteiger partial charge in [-0.15, -0.1) is 0 Å². The van der Waals surface area contributed by atoms with Crippen molar-refractivity contribution < 1.29 is 9.53 Å². The Bertz CT molecular complexity index is 778. The molecule has 0 aliphatic carbocycles. The van der Waals surface area contributed by atoms with Gasteiger partial charge in [-0.25, -0.2) is 9.78 Å². The predicted molar refractivity (Wildman–Crippen MR) is 111 cm³/mol. The number of carbonyl (C=O) groups excluding carboxylic acids is 1. The van der Waals surface area contributed by atoms with Crippen LogP contribution in [0.1, 0.15) is 34.1 Å². The van der Waals surface area contributed by atoms with E-state index in [1.54, 1.807) is 0 Å². The minimum absolute atomic E-state index is 0.112. The van der Waals surface area contributed by atoms with Gasteiger partial charge >= 0.3 is 6.03 Å². The average Bonchev–Trinajstić information content (AvgIpc) is 3.06. The fourth-order valence-electron chi connectivity index (χ4n) is 3.78. The molecule has 2 heterocycles. The second-order valence-corrected chi connectivity index (χ2v) is 8.36. The van der Waals surface area contributed by atoms with Gasteiger partial charge in [0.1, 0.15) is 0 Å². The van der Waals surface area contributed by atoms with Crippen LogP contribution in [-0.2, 0) is 11.3 Å². The van der Waals surface area contributed by atoms with E-state index in [1.165, 1.54) is 0 Å². The summed E-state index contributed by atoms with van der Waals surface area (Å²) in [7, 11) is 0. The lowest BCUT2D eigenvalue weighted by Crippen LogP contribution is -2.59. The van der Waals surface area contributed by atoms with Crippen molar-refractivity contribution in [3.05, 3.63) is 30.6 Å². The highest BCUT2D eigenvalue weighted by Gasteiger charge is 2.33. The quantitative estimate of drug-likeness (QED) is 0.717. The molecule has 0 spiro atoms. The number of imidazole rings is 1. The molecule has 0 unspecified atom stereocenters. The van der Waals surface area contributed by atoms with Crippen molar-refractivity contribution in [2.45, 2.75) is 58.4 Å². The number of carbonyl (C=O) groups is 1. The van der Waals surface area contributed by atoms with Gasteiger partial charge in [0.25, 0.3) is 0 Å². The minimum Gasteiger partial charge on any atom is -0.373 e. The number of hydrogen-bond donors (Lipinski definition) is 2. The zero-order valence-corrected chi connectivity index (χ0v) is 17.4. The molecule has 3 rings (SSSR count).